The Bertz CT molecular complexity index is 495. The first-order chi connectivity index (χ1) is 8.88. The highest BCUT2D eigenvalue weighted by atomic mass is 16.4. The zero-order valence-corrected chi connectivity index (χ0v) is 11.1. The maximum atomic E-state index is 11.9. The van der Waals surface area contributed by atoms with Gasteiger partial charge < -0.3 is 10.4 Å². The number of carbonyl (C=O) groups is 2. The highest BCUT2D eigenvalue weighted by Crippen LogP contribution is 2.37. The van der Waals surface area contributed by atoms with E-state index in [0.29, 0.717) is 0 Å². The summed E-state index contributed by atoms with van der Waals surface area (Å²) in [5, 5.41) is 18.8. The summed E-state index contributed by atoms with van der Waals surface area (Å²) >= 11 is 0. The van der Waals surface area contributed by atoms with Crippen LogP contribution in [0.15, 0.2) is 6.20 Å². The quantitative estimate of drug-likeness (QED) is 0.834. The van der Waals surface area contributed by atoms with E-state index in [4.69, 9.17) is 5.11 Å². The lowest BCUT2D eigenvalue weighted by atomic mass is 9.87. The minimum atomic E-state index is -1.15. The second-order valence-corrected chi connectivity index (χ2v) is 5.61. The summed E-state index contributed by atoms with van der Waals surface area (Å²) in [6, 6.07) is 0.169. The second kappa shape index (κ2) is 4.99. The van der Waals surface area contributed by atoms with Crippen LogP contribution in [-0.4, -0.2) is 38.0 Å². The molecule has 104 valence electrons. The van der Waals surface area contributed by atoms with Crippen molar-refractivity contribution >= 4 is 11.9 Å². The number of hydrogen-bond acceptors (Lipinski definition) is 4. The van der Waals surface area contributed by atoms with Gasteiger partial charge in [0.1, 0.15) is 6.54 Å². The summed E-state index contributed by atoms with van der Waals surface area (Å²) < 4.78 is 1.24. The van der Waals surface area contributed by atoms with Crippen molar-refractivity contribution in [3.8, 4) is 0 Å². The Kier molecular flexibility index (Phi) is 3.55. The van der Waals surface area contributed by atoms with Gasteiger partial charge in [0.05, 0.1) is 6.20 Å². The summed E-state index contributed by atoms with van der Waals surface area (Å²) in [5.41, 5.74) is -0.0430. The van der Waals surface area contributed by atoms with Crippen LogP contribution in [0.5, 0.6) is 0 Å². The number of carboxylic acids is 1. The zero-order valence-electron chi connectivity index (χ0n) is 11.1. The number of amides is 1. The average molecular weight is 266 g/mol. The number of nitrogens with one attached hydrogen (secondary N) is 1. The fraction of sp³-hybridized carbons (Fsp3) is 0.667. The Morgan fingerprint density at radius 1 is 1.58 bits per heavy atom. The van der Waals surface area contributed by atoms with E-state index in [-0.39, 0.29) is 29.6 Å². The largest absolute Gasteiger partial charge is 0.476 e. The lowest BCUT2D eigenvalue weighted by Gasteiger charge is -2.27. The van der Waals surface area contributed by atoms with E-state index in [9.17, 15) is 9.59 Å². The van der Waals surface area contributed by atoms with Gasteiger partial charge in [0.25, 0.3) is 0 Å². The molecule has 1 fully saturated rings. The summed E-state index contributed by atoms with van der Waals surface area (Å²) in [4.78, 5) is 22.5. The topological polar surface area (TPSA) is 97.1 Å². The van der Waals surface area contributed by atoms with Gasteiger partial charge in [0.2, 0.25) is 5.91 Å². The minimum Gasteiger partial charge on any atom is -0.476 e. The van der Waals surface area contributed by atoms with Crippen molar-refractivity contribution in [1.82, 2.24) is 20.3 Å². The number of nitrogens with zero attached hydrogens (tertiary/aromatic N) is 3. The fourth-order valence-corrected chi connectivity index (χ4v) is 2.46. The van der Waals surface area contributed by atoms with Gasteiger partial charge >= 0.3 is 5.97 Å². The number of aromatic carboxylic acids is 1. The first-order valence-electron chi connectivity index (χ1n) is 6.31. The first kappa shape index (κ1) is 13.5. The molecule has 1 aromatic heterocycles. The first-order valence-corrected chi connectivity index (χ1v) is 6.31. The van der Waals surface area contributed by atoms with Crippen molar-refractivity contribution < 1.29 is 14.7 Å². The van der Waals surface area contributed by atoms with Crippen LogP contribution in [0.1, 0.15) is 43.6 Å². The van der Waals surface area contributed by atoms with Crippen molar-refractivity contribution in [2.24, 2.45) is 5.41 Å². The molecule has 1 saturated carbocycles. The molecule has 0 aliphatic heterocycles. The average Bonchev–Trinajstić information content (AvgIpc) is 2.87. The Balaban J connectivity index is 1.92. The normalized spacial score (nSPS) is 21.3. The molecule has 7 heteroatoms. The van der Waals surface area contributed by atoms with Crippen LogP contribution in [-0.2, 0) is 11.3 Å². The number of carbonyl (C=O) groups excluding carboxylic acids is 1. The van der Waals surface area contributed by atoms with E-state index < -0.39 is 5.97 Å². The molecule has 1 atom stereocenters. The maximum absolute atomic E-state index is 11.9. The molecule has 2 rings (SSSR count). The van der Waals surface area contributed by atoms with Gasteiger partial charge in [-0.3, -0.25) is 4.79 Å². The molecule has 19 heavy (non-hydrogen) atoms. The van der Waals surface area contributed by atoms with Crippen LogP contribution in [0, 0.1) is 5.41 Å². The third-order valence-corrected chi connectivity index (χ3v) is 3.66. The molecule has 0 spiro atoms. The van der Waals surface area contributed by atoms with Gasteiger partial charge in [-0.05, 0) is 18.3 Å². The predicted molar refractivity (Wildman–Crippen MR) is 66.5 cm³/mol. The van der Waals surface area contributed by atoms with E-state index in [2.05, 4.69) is 29.5 Å². The molecule has 0 radical (unpaired) electrons. The van der Waals surface area contributed by atoms with Crippen LogP contribution >= 0.6 is 0 Å². The molecule has 0 saturated heterocycles. The van der Waals surface area contributed by atoms with E-state index in [1.807, 2.05) is 0 Å². The van der Waals surface area contributed by atoms with Crippen LogP contribution in [0.25, 0.3) is 0 Å². The maximum Gasteiger partial charge on any atom is 0.358 e. The predicted octanol–water partition coefficient (Wildman–Crippen LogP) is 0.671. The molecule has 1 amide bonds. The Hall–Kier alpha value is -1.92. The third-order valence-electron chi connectivity index (χ3n) is 3.66. The highest BCUT2D eigenvalue weighted by molar-refractivity contribution is 5.84. The molecule has 1 aliphatic carbocycles. The zero-order chi connectivity index (χ0) is 14.0. The fourth-order valence-electron chi connectivity index (χ4n) is 2.46. The van der Waals surface area contributed by atoms with Crippen LogP contribution < -0.4 is 5.32 Å². The van der Waals surface area contributed by atoms with Gasteiger partial charge in [-0.15, -0.1) is 5.10 Å². The van der Waals surface area contributed by atoms with Gasteiger partial charge in [-0.25, -0.2) is 9.48 Å². The van der Waals surface area contributed by atoms with Crippen LogP contribution in [0.3, 0.4) is 0 Å². The molecular formula is C12H18N4O3. The van der Waals surface area contributed by atoms with Gasteiger partial charge in [-0.1, -0.05) is 25.5 Å². The third kappa shape index (κ3) is 3.10. The number of carboxylic acid groups (broad SMARTS) is 1. The summed E-state index contributed by atoms with van der Waals surface area (Å²) in [6.45, 7) is 4.28. The highest BCUT2D eigenvalue weighted by Gasteiger charge is 2.35. The standard InChI is InChI=1S/C12H18N4O3/c1-12(2)5-3-4-9(12)13-10(17)7-16-6-8(11(18)19)14-15-16/h6,9H,3-5,7H2,1-2H3,(H,13,17)(H,18,19). The van der Waals surface area contributed by atoms with Crippen molar-refractivity contribution in [1.29, 1.82) is 0 Å². The van der Waals surface area contributed by atoms with Gasteiger partial charge in [0.15, 0.2) is 5.69 Å². The van der Waals surface area contributed by atoms with E-state index >= 15 is 0 Å². The molecule has 0 aromatic carbocycles. The second-order valence-electron chi connectivity index (χ2n) is 5.61. The number of rotatable bonds is 4. The van der Waals surface area contributed by atoms with Crippen molar-refractivity contribution in [2.75, 3.05) is 0 Å². The Labute approximate surface area is 111 Å². The molecular weight excluding hydrogens is 248 g/mol. The lowest BCUT2D eigenvalue weighted by molar-refractivity contribution is -0.123. The van der Waals surface area contributed by atoms with Crippen molar-refractivity contribution in [2.45, 2.75) is 45.7 Å². The number of aromatic nitrogens is 3. The SMILES string of the molecule is CC1(C)CCCC1NC(=O)Cn1cc(C(=O)O)nn1. The molecule has 0 bridgehead atoms. The number of hydrogen-bond donors (Lipinski definition) is 2. The van der Waals surface area contributed by atoms with E-state index in [0.717, 1.165) is 19.3 Å². The monoisotopic (exact) mass is 266 g/mol. The summed E-state index contributed by atoms with van der Waals surface area (Å²) in [7, 11) is 0. The summed E-state index contributed by atoms with van der Waals surface area (Å²) in [6.07, 6.45) is 4.45. The Morgan fingerprint density at radius 3 is 2.84 bits per heavy atom. The minimum absolute atomic E-state index is 0.00708. The molecule has 7 nitrogen and oxygen atoms in total. The molecule has 2 N–H and O–H groups in total. The molecule has 1 aromatic rings. The van der Waals surface area contributed by atoms with Gasteiger partial charge in [-0.2, -0.15) is 0 Å². The van der Waals surface area contributed by atoms with Crippen molar-refractivity contribution in [3.05, 3.63) is 11.9 Å². The van der Waals surface area contributed by atoms with E-state index in [1.54, 1.807) is 0 Å². The molecule has 1 aliphatic rings. The molecule has 1 unspecified atom stereocenters. The van der Waals surface area contributed by atoms with E-state index in [1.165, 1.54) is 10.9 Å². The van der Waals surface area contributed by atoms with Crippen LogP contribution in [0.2, 0.25) is 0 Å². The Morgan fingerprint density at radius 2 is 2.32 bits per heavy atom. The van der Waals surface area contributed by atoms with Gasteiger partial charge in [0, 0.05) is 6.04 Å². The molecule has 1 heterocycles. The smallest absolute Gasteiger partial charge is 0.358 e. The van der Waals surface area contributed by atoms with Crippen LogP contribution in [0.4, 0.5) is 0 Å². The van der Waals surface area contributed by atoms with Crippen molar-refractivity contribution in [3.63, 3.8) is 0 Å². The summed E-state index contributed by atoms with van der Waals surface area (Å²) in [5.74, 6) is -1.31. The lowest BCUT2D eigenvalue weighted by Crippen LogP contribution is -2.42.